The predicted molar refractivity (Wildman–Crippen MR) is 89.8 cm³/mol. The minimum atomic E-state index is -0.320. The molecule has 1 aromatic heterocycles. The fourth-order valence-corrected chi connectivity index (χ4v) is 2.56. The van der Waals surface area contributed by atoms with E-state index in [9.17, 15) is 9.18 Å². The van der Waals surface area contributed by atoms with Gasteiger partial charge in [-0.1, -0.05) is 29.0 Å². The van der Waals surface area contributed by atoms with Crippen LogP contribution in [0.3, 0.4) is 0 Å². The van der Waals surface area contributed by atoms with Gasteiger partial charge in [-0.2, -0.15) is 0 Å². The summed E-state index contributed by atoms with van der Waals surface area (Å²) in [7, 11) is 0. The van der Waals surface area contributed by atoms with E-state index in [0.717, 1.165) is 5.56 Å². The van der Waals surface area contributed by atoms with Crippen LogP contribution >= 0.6 is 11.3 Å². The number of benzene rings is 2. The summed E-state index contributed by atoms with van der Waals surface area (Å²) in [5.74, 6) is -0.0200. The lowest BCUT2D eigenvalue weighted by molar-refractivity contribution is 0.102. The van der Waals surface area contributed by atoms with E-state index in [1.165, 1.54) is 35.6 Å². The zero-order valence-corrected chi connectivity index (χ0v) is 13.6. The number of nitrogens with one attached hydrogen (secondary N) is 1. The van der Waals surface area contributed by atoms with Crippen molar-refractivity contribution >= 4 is 22.4 Å². The second kappa shape index (κ2) is 7.18. The number of carbonyl (C=O) groups is 1. The Labute approximate surface area is 142 Å². The zero-order chi connectivity index (χ0) is 16.9. The quantitative estimate of drug-likeness (QED) is 0.765. The second-order valence-corrected chi connectivity index (χ2v) is 6.13. The van der Waals surface area contributed by atoms with Crippen molar-refractivity contribution in [2.45, 2.75) is 13.5 Å². The Morgan fingerprint density at radius 1 is 1.12 bits per heavy atom. The van der Waals surface area contributed by atoms with Crippen molar-refractivity contribution in [2.75, 3.05) is 5.32 Å². The second-order valence-electron chi connectivity index (χ2n) is 5.06. The summed E-state index contributed by atoms with van der Waals surface area (Å²) in [6.45, 7) is 2.16. The highest BCUT2D eigenvalue weighted by atomic mass is 32.1. The summed E-state index contributed by atoms with van der Waals surface area (Å²) < 4.78 is 18.3. The molecular weight excluding hydrogens is 329 g/mol. The molecule has 1 amide bonds. The first-order chi connectivity index (χ1) is 11.6. The van der Waals surface area contributed by atoms with E-state index < -0.39 is 0 Å². The molecule has 0 bridgehead atoms. The number of anilines is 1. The number of nitrogens with zero attached hydrogens (tertiary/aromatic N) is 2. The molecule has 0 unspecified atom stereocenters. The van der Waals surface area contributed by atoms with Crippen molar-refractivity contribution in [3.05, 3.63) is 70.5 Å². The highest BCUT2D eigenvalue weighted by Crippen LogP contribution is 2.19. The number of carbonyl (C=O) groups excluding carboxylic acids is 1. The SMILES string of the molecule is Cc1ccc(C(=O)Nc2nnc(COc3ccc(F)cc3)s2)cc1. The summed E-state index contributed by atoms with van der Waals surface area (Å²) in [5.41, 5.74) is 1.64. The molecule has 0 saturated carbocycles. The number of hydrogen-bond donors (Lipinski definition) is 1. The van der Waals surface area contributed by atoms with E-state index in [-0.39, 0.29) is 18.3 Å². The van der Waals surface area contributed by atoms with Crippen LogP contribution in [0.5, 0.6) is 5.75 Å². The van der Waals surface area contributed by atoms with Crippen molar-refractivity contribution in [1.29, 1.82) is 0 Å². The molecule has 5 nitrogen and oxygen atoms in total. The van der Waals surface area contributed by atoms with Gasteiger partial charge in [-0.15, -0.1) is 10.2 Å². The van der Waals surface area contributed by atoms with E-state index in [1.807, 2.05) is 19.1 Å². The third-order valence-electron chi connectivity index (χ3n) is 3.18. The lowest BCUT2D eigenvalue weighted by Gasteiger charge is -2.02. The van der Waals surface area contributed by atoms with Crippen LogP contribution in [0.25, 0.3) is 0 Å². The number of halogens is 1. The lowest BCUT2D eigenvalue weighted by atomic mass is 10.1. The van der Waals surface area contributed by atoms with Crippen molar-refractivity contribution in [3.8, 4) is 5.75 Å². The molecule has 0 atom stereocenters. The molecule has 0 saturated heterocycles. The maximum atomic E-state index is 12.8. The minimum Gasteiger partial charge on any atom is -0.486 e. The van der Waals surface area contributed by atoms with Gasteiger partial charge in [0.25, 0.3) is 5.91 Å². The van der Waals surface area contributed by atoms with E-state index in [1.54, 1.807) is 12.1 Å². The third kappa shape index (κ3) is 4.14. The first-order valence-electron chi connectivity index (χ1n) is 7.19. The van der Waals surface area contributed by atoms with Gasteiger partial charge in [-0.05, 0) is 43.3 Å². The summed E-state index contributed by atoms with van der Waals surface area (Å²) in [5, 5.41) is 11.6. The molecule has 3 rings (SSSR count). The number of aryl methyl sites for hydroxylation is 1. The van der Waals surface area contributed by atoms with Crippen molar-refractivity contribution in [2.24, 2.45) is 0 Å². The Kier molecular flexibility index (Phi) is 4.81. The first-order valence-corrected chi connectivity index (χ1v) is 8.00. The first kappa shape index (κ1) is 16.1. The number of hydrogen-bond acceptors (Lipinski definition) is 5. The minimum absolute atomic E-state index is 0.198. The van der Waals surface area contributed by atoms with Gasteiger partial charge in [-0.25, -0.2) is 4.39 Å². The zero-order valence-electron chi connectivity index (χ0n) is 12.8. The molecule has 7 heteroatoms. The summed E-state index contributed by atoms with van der Waals surface area (Å²) in [6, 6.07) is 13.0. The van der Waals surface area contributed by atoms with E-state index in [2.05, 4.69) is 15.5 Å². The molecule has 3 aromatic rings. The smallest absolute Gasteiger partial charge is 0.257 e. The van der Waals surface area contributed by atoms with E-state index in [0.29, 0.717) is 21.5 Å². The normalized spacial score (nSPS) is 10.4. The third-order valence-corrected chi connectivity index (χ3v) is 3.99. The van der Waals surface area contributed by atoms with Crippen LogP contribution in [-0.4, -0.2) is 16.1 Å². The van der Waals surface area contributed by atoms with Gasteiger partial charge >= 0.3 is 0 Å². The maximum absolute atomic E-state index is 12.8. The van der Waals surface area contributed by atoms with Crippen LogP contribution in [0.2, 0.25) is 0 Å². The highest BCUT2D eigenvalue weighted by Gasteiger charge is 2.10. The average molecular weight is 343 g/mol. The molecule has 0 aliphatic rings. The Morgan fingerprint density at radius 3 is 2.54 bits per heavy atom. The number of amides is 1. The lowest BCUT2D eigenvalue weighted by Crippen LogP contribution is -2.11. The fourth-order valence-electron chi connectivity index (χ4n) is 1.91. The Hall–Kier alpha value is -2.80. The van der Waals surface area contributed by atoms with Gasteiger partial charge in [0.15, 0.2) is 5.01 Å². The highest BCUT2D eigenvalue weighted by molar-refractivity contribution is 7.15. The standard InChI is InChI=1S/C17H14FN3O2S/c1-11-2-4-12(5-3-11)16(22)19-17-21-20-15(24-17)10-23-14-8-6-13(18)7-9-14/h2-9H,10H2,1H3,(H,19,21,22). The summed E-state index contributed by atoms with van der Waals surface area (Å²) >= 11 is 1.23. The van der Waals surface area contributed by atoms with Crippen molar-refractivity contribution in [3.63, 3.8) is 0 Å². The van der Waals surface area contributed by atoms with Gasteiger partial charge in [0, 0.05) is 5.56 Å². The van der Waals surface area contributed by atoms with Gasteiger partial charge in [-0.3, -0.25) is 10.1 Å². The molecule has 0 radical (unpaired) electrons. The Bertz CT molecular complexity index is 832. The summed E-state index contributed by atoms with van der Waals surface area (Å²) in [4.78, 5) is 12.1. The van der Waals surface area contributed by atoms with Crippen LogP contribution in [0.4, 0.5) is 9.52 Å². The van der Waals surface area contributed by atoms with Crippen molar-refractivity contribution in [1.82, 2.24) is 10.2 Å². The van der Waals surface area contributed by atoms with Crippen LogP contribution in [-0.2, 0) is 6.61 Å². The van der Waals surface area contributed by atoms with Gasteiger partial charge < -0.3 is 4.74 Å². The van der Waals surface area contributed by atoms with E-state index in [4.69, 9.17) is 4.74 Å². The van der Waals surface area contributed by atoms with Crippen LogP contribution < -0.4 is 10.1 Å². The molecule has 1 heterocycles. The number of aromatic nitrogens is 2. The molecule has 1 N–H and O–H groups in total. The molecule has 24 heavy (non-hydrogen) atoms. The van der Waals surface area contributed by atoms with Crippen molar-refractivity contribution < 1.29 is 13.9 Å². The van der Waals surface area contributed by atoms with Crippen LogP contribution in [0.1, 0.15) is 20.9 Å². The Morgan fingerprint density at radius 2 is 1.83 bits per heavy atom. The molecule has 122 valence electrons. The number of rotatable bonds is 5. The molecule has 0 aliphatic heterocycles. The average Bonchev–Trinajstić information content (AvgIpc) is 3.02. The van der Waals surface area contributed by atoms with Gasteiger partial charge in [0.05, 0.1) is 0 Å². The van der Waals surface area contributed by atoms with Gasteiger partial charge in [0.1, 0.15) is 18.2 Å². The fraction of sp³-hybridized carbons (Fsp3) is 0.118. The molecule has 2 aromatic carbocycles. The summed E-state index contributed by atoms with van der Waals surface area (Å²) in [6.07, 6.45) is 0. The topological polar surface area (TPSA) is 64.1 Å². The maximum Gasteiger partial charge on any atom is 0.257 e. The van der Waals surface area contributed by atoms with Crippen LogP contribution in [0.15, 0.2) is 48.5 Å². The van der Waals surface area contributed by atoms with E-state index >= 15 is 0 Å². The molecule has 0 aliphatic carbocycles. The largest absolute Gasteiger partial charge is 0.486 e. The molecule has 0 spiro atoms. The number of ether oxygens (including phenoxy) is 1. The van der Waals surface area contributed by atoms with Gasteiger partial charge in [0.2, 0.25) is 5.13 Å². The van der Waals surface area contributed by atoms with Crippen LogP contribution in [0, 0.1) is 12.7 Å². The monoisotopic (exact) mass is 343 g/mol. The molecular formula is C17H14FN3O2S. The molecule has 0 fully saturated rings. The Balaban J connectivity index is 1.58. The predicted octanol–water partition coefficient (Wildman–Crippen LogP) is 3.82.